The minimum Gasteiger partial charge on any atom is -0.378 e. The summed E-state index contributed by atoms with van der Waals surface area (Å²) >= 11 is 0. The molecule has 0 heterocycles. The Morgan fingerprint density at radius 1 is 0.875 bits per heavy atom. The predicted molar refractivity (Wildman–Crippen MR) is 101 cm³/mol. The van der Waals surface area contributed by atoms with Crippen LogP contribution < -0.4 is 0 Å². The van der Waals surface area contributed by atoms with E-state index in [4.69, 9.17) is 4.74 Å². The van der Waals surface area contributed by atoms with Crippen LogP contribution in [0.15, 0.2) is 72.8 Å². The molecule has 0 saturated heterocycles. The monoisotopic (exact) mass is 316 g/mol. The Balaban J connectivity index is 1.69. The molecule has 2 aromatic rings. The first kappa shape index (κ1) is 15.4. The van der Waals surface area contributed by atoms with Gasteiger partial charge in [-0.05, 0) is 35.6 Å². The SMILES string of the molecule is COC1(C)C[C@@]2(C)C=C[C@@H]1C=C2c1ccc(-c2ccccc2)cc1. The average Bonchev–Trinajstić information content (AvgIpc) is 2.62. The highest BCUT2D eigenvalue weighted by molar-refractivity contribution is 5.77. The first-order valence-corrected chi connectivity index (χ1v) is 8.67. The lowest BCUT2D eigenvalue weighted by Gasteiger charge is -2.50. The van der Waals surface area contributed by atoms with E-state index in [1.54, 1.807) is 0 Å². The molecule has 3 atom stereocenters. The third-order valence-electron chi connectivity index (χ3n) is 5.83. The van der Waals surface area contributed by atoms with E-state index in [1.165, 1.54) is 22.3 Å². The van der Waals surface area contributed by atoms with Gasteiger partial charge in [0.1, 0.15) is 0 Å². The van der Waals surface area contributed by atoms with Crippen molar-refractivity contribution in [3.05, 3.63) is 78.4 Å². The maximum Gasteiger partial charge on any atom is 0.0759 e. The van der Waals surface area contributed by atoms with Gasteiger partial charge in [-0.2, -0.15) is 0 Å². The van der Waals surface area contributed by atoms with E-state index < -0.39 is 0 Å². The number of benzene rings is 2. The summed E-state index contributed by atoms with van der Waals surface area (Å²) in [5.41, 5.74) is 5.25. The van der Waals surface area contributed by atoms with E-state index in [2.05, 4.69) is 86.7 Å². The van der Waals surface area contributed by atoms with E-state index in [9.17, 15) is 0 Å². The third kappa shape index (κ3) is 2.35. The molecule has 3 aliphatic carbocycles. The van der Waals surface area contributed by atoms with Crippen LogP contribution in [0.3, 0.4) is 0 Å². The number of ether oxygens (including phenoxy) is 1. The Hall–Kier alpha value is -2.12. The lowest BCUT2D eigenvalue weighted by Crippen LogP contribution is -2.46. The molecule has 2 aromatic carbocycles. The molecule has 0 radical (unpaired) electrons. The lowest BCUT2D eigenvalue weighted by atomic mass is 9.59. The molecule has 5 rings (SSSR count). The second kappa shape index (κ2) is 5.46. The number of fused-ring (bicyclic) bond motifs is 1. The van der Waals surface area contributed by atoms with Gasteiger partial charge in [-0.15, -0.1) is 0 Å². The van der Waals surface area contributed by atoms with Crippen LogP contribution >= 0.6 is 0 Å². The molecular weight excluding hydrogens is 292 g/mol. The van der Waals surface area contributed by atoms with Crippen LogP contribution in [0.25, 0.3) is 16.7 Å². The van der Waals surface area contributed by atoms with Crippen molar-refractivity contribution in [1.82, 2.24) is 0 Å². The van der Waals surface area contributed by atoms with E-state index in [0.717, 1.165) is 6.42 Å². The molecule has 1 unspecified atom stereocenters. The second-order valence-corrected chi connectivity index (χ2v) is 7.52. The van der Waals surface area contributed by atoms with Crippen LogP contribution in [0, 0.1) is 11.3 Å². The minimum atomic E-state index is -0.0863. The van der Waals surface area contributed by atoms with Gasteiger partial charge in [-0.25, -0.2) is 0 Å². The van der Waals surface area contributed by atoms with Crippen LogP contribution in [0.2, 0.25) is 0 Å². The highest BCUT2D eigenvalue weighted by Crippen LogP contribution is 2.54. The summed E-state index contributed by atoms with van der Waals surface area (Å²) in [6.45, 7) is 4.55. The van der Waals surface area contributed by atoms with Gasteiger partial charge in [0, 0.05) is 18.4 Å². The molecule has 0 N–H and O–H groups in total. The van der Waals surface area contributed by atoms with Crippen molar-refractivity contribution in [3.8, 4) is 11.1 Å². The van der Waals surface area contributed by atoms with Crippen LogP contribution in [-0.2, 0) is 4.74 Å². The quantitative estimate of drug-likeness (QED) is 0.656. The molecule has 0 fully saturated rings. The van der Waals surface area contributed by atoms with E-state index in [0.29, 0.717) is 5.92 Å². The van der Waals surface area contributed by atoms with Crippen LogP contribution in [0.4, 0.5) is 0 Å². The average molecular weight is 316 g/mol. The van der Waals surface area contributed by atoms with Gasteiger partial charge in [-0.1, -0.05) is 79.7 Å². The summed E-state index contributed by atoms with van der Waals surface area (Å²) in [6, 6.07) is 19.5. The van der Waals surface area contributed by atoms with Crippen molar-refractivity contribution >= 4 is 5.57 Å². The Morgan fingerprint density at radius 2 is 1.50 bits per heavy atom. The summed E-state index contributed by atoms with van der Waals surface area (Å²) in [4.78, 5) is 0. The molecule has 122 valence electrons. The van der Waals surface area contributed by atoms with Crippen molar-refractivity contribution in [2.75, 3.05) is 7.11 Å². The first-order chi connectivity index (χ1) is 11.5. The molecule has 24 heavy (non-hydrogen) atoms. The minimum absolute atomic E-state index is 0.0494. The van der Waals surface area contributed by atoms with Gasteiger partial charge in [0.25, 0.3) is 0 Å². The fourth-order valence-corrected chi connectivity index (χ4v) is 4.32. The zero-order valence-corrected chi connectivity index (χ0v) is 14.6. The predicted octanol–water partition coefficient (Wildman–Crippen LogP) is 5.74. The summed E-state index contributed by atoms with van der Waals surface area (Å²) < 4.78 is 5.84. The van der Waals surface area contributed by atoms with Gasteiger partial charge < -0.3 is 4.74 Å². The highest BCUT2D eigenvalue weighted by Gasteiger charge is 2.48. The smallest absolute Gasteiger partial charge is 0.0759 e. The Bertz CT molecular complexity index is 800. The summed E-state index contributed by atoms with van der Waals surface area (Å²) in [5.74, 6) is 0.355. The fourth-order valence-electron chi connectivity index (χ4n) is 4.32. The third-order valence-corrected chi connectivity index (χ3v) is 5.83. The Labute approximate surface area is 144 Å². The standard InChI is InChI=1S/C23H24O/c1-22-14-13-20(23(2,16-22)24-3)15-21(22)19-11-9-18(10-12-19)17-7-5-4-6-8-17/h4-15,20H,16H2,1-3H3/t20-,22-,23?/m1/s1. The number of methoxy groups -OCH3 is 1. The summed E-state index contributed by atoms with van der Waals surface area (Å²) in [5, 5.41) is 0. The molecule has 2 bridgehead atoms. The topological polar surface area (TPSA) is 9.23 Å². The van der Waals surface area contributed by atoms with E-state index in [-0.39, 0.29) is 11.0 Å². The zero-order valence-electron chi connectivity index (χ0n) is 14.6. The maximum atomic E-state index is 5.84. The van der Waals surface area contributed by atoms with Crippen LogP contribution in [0.5, 0.6) is 0 Å². The first-order valence-electron chi connectivity index (χ1n) is 8.67. The molecule has 3 aliphatic rings. The highest BCUT2D eigenvalue weighted by atomic mass is 16.5. The van der Waals surface area contributed by atoms with E-state index in [1.807, 2.05) is 7.11 Å². The Morgan fingerprint density at radius 3 is 2.12 bits per heavy atom. The molecule has 0 spiro atoms. The molecule has 0 amide bonds. The molecular formula is C23H24O. The van der Waals surface area contributed by atoms with Crippen molar-refractivity contribution < 1.29 is 4.74 Å². The number of hydrogen-bond acceptors (Lipinski definition) is 1. The normalized spacial score (nSPS) is 31.1. The molecule has 0 aliphatic heterocycles. The lowest BCUT2D eigenvalue weighted by molar-refractivity contribution is -0.0461. The second-order valence-electron chi connectivity index (χ2n) is 7.52. The zero-order chi connectivity index (χ0) is 16.8. The van der Waals surface area contributed by atoms with Gasteiger partial charge in [0.05, 0.1) is 5.60 Å². The van der Waals surface area contributed by atoms with Crippen molar-refractivity contribution in [2.45, 2.75) is 25.9 Å². The maximum absolute atomic E-state index is 5.84. The van der Waals surface area contributed by atoms with Gasteiger partial charge >= 0.3 is 0 Å². The molecule has 0 saturated carbocycles. The van der Waals surface area contributed by atoms with Crippen LogP contribution in [-0.4, -0.2) is 12.7 Å². The van der Waals surface area contributed by atoms with Crippen molar-refractivity contribution in [2.24, 2.45) is 11.3 Å². The van der Waals surface area contributed by atoms with Crippen molar-refractivity contribution in [3.63, 3.8) is 0 Å². The largest absolute Gasteiger partial charge is 0.378 e. The van der Waals surface area contributed by atoms with E-state index >= 15 is 0 Å². The number of allylic oxidation sites excluding steroid dienone is 2. The van der Waals surface area contributed by atoms with Gasteiger partial charge in [0.15, 0.2) is 0 Å². The molecule has 1 nitrogen and oxygen atoms in total. The van der Waals surface area contributed by atoms with Gasteiger partial charge in [0.2, 0.25) is 0 Å². The molecule has 1 heteroatoms. The number of rotatable bonds is 3. The van der Waals surface area contributed by atoms with Crippen LogP contribution in [0.1, 0.15) is 25.8 Å². The Kier molecular flexibility index (Phi) is 3.51. The number of hydrogen-bond donors (Lipinski definition) is 0. The van der Waals surface area contributed by atoms with Gasteiger partial charge in [-0.3, -0.25) is 0 Å². The summed E-state index contributed by atoms with van der Waals surface area (Å²) in [6.07, 6.45) is 8.13. The fraction of sp³-hybridized carbons (Fsp3) is 0.304. The van der Waals surface area contributed by atoms with Crippen molar-refractivity contribution in [1.29, 1.82) is 0 Å². The molecule has 0 aromatic heterocycles. The summed E-state index contributed by atoms with van der Waals surface area (Å²) in [7, 11) is 1.83.